The number of ether oxygens (including phenoxy) is 2. The summed E-state index contributed by atoms with van der Waals surface area (Å²) in [4.78, 5) is 22.5. The Morgan fingerprint density at radius 3 is 2.37 bits per heavy atom. The quantitative estimate of drug-likeness (QED) is 0.0930. The molecule has 1 aliphatic rings. The van der Waals surface area contributed by atoms with Gasteiger partial charge in [-0.3, -0.25) is 4.79 Å². The van der Waals surface area contributed by atoms with Crippen molar-refractivity contribution >= 4 is 11.9 Å². The largest absolute Gasteiger partial charge is 0.481 e. The Labute approximate surface area is 208 Å². The molecule has 0 radical (unpaired) electrons. The van der Waals surface area contributed by atoms with Crippen LogP contribution in [0.15, 0.2) is 23.8 Å². The van der Waals surface area contributed by atoms with Crippen LogP contribution in [-0.4, -0.2) is 80.7 Å². The molecule has 202 valence electrons. The highest BCUT2D eigenvalue weighted by atomic mass is 16.5. The summed E-state index contributed by atoms with van der Waals surface area (Å²) < 4.78 is 10.8. The van der Waals surface area contributed by atoms with Crippen molar-refractivity contribution in [2.75, 3.05) is 13.2 Å². The lowest BCUT2D eigenvalue weighted by Crippen LogP contribution is -2.61. The number of rotatable bonds is 16. The van der Waals surface area contributed by atoms with Crippen LogP contribution in [0.4, 0.5) is 0 Å². The van der Waals surface area contributed by atoms with Gasteiger partial charge in [-0.15, -0.1) is 0 Å². The summed E-state index contributed by atoms with van der Waals surface area (Å²) in [5, 5.41) is 49.8. The van der Waals surface area contributed by atoms with E-state index < -0.39 is 42.0 Å². The summed E-state index contributed by atoms with van der Waals surface area (Å²) >= 11 is 0. The van der Waals surface area contributed by atoms with E-state index in [1.165, 1.54) is 6.08 Å². The maximum absolute atomic E-state index is 12.0. The molecule has 1 aliphatic heterocycles. The van der Waals surface area contributed by atoms with Gasteiger partial charge in [-0.2, -0.15) is 0 Å². The van der Waals surface area contributed by atoms with Gasteiger partial charge in [-0.1, -0.05) is 50.3 Å². The Bertz CT molecular complexity index is 703. The molecule has 0 amide bonds. The normalized spacial score (nSPS) is 27.1. The highest BCUT2D eigenvalue weighted by Crippen LogP contribution is 2.30. The van der Waals surface area contributed by atoms with E-state index >= 15 is 0 Å². The minimum atomic E-state index is -1.64. The van der Waals surface area contributed by atoms with Crippen LogP contribution in [-0.2, 0) is 19.1 Å². The minimum Gasteiger partial charge on any atom is -0.481 e. The summed E-state index contributed by atoms with van der Waals surface area (Å²) in [5.74, 6) is -1.36. The molecule has 1 rings (SSSR count). The van der Waals surface area contributed by atoms with Crippen LogP contribution in [0.3, 0.4) is 0 Å². The van der Waals surface area contributed by atoms with Crippen molar-refractivity contribution in [2.24, 2.45) is 5.92 Å². The molecule has 35 heavy (non-hydrogen) atoms. The van der Waals surface area contributed by atoms with Crippen molar-refractivity contribution in [1.82, 2.24) is 0 Å². The van der Waals surface area contributed by atoms with E-state index in [2.05, 4.69) is 0 Å². The molecule has 0 unspecified atom stereocenters. The van der Waals surface area contributed by atoms with Crippen molar-refractivity contribution in [3.8, 4) is 0 Å². The first kappa shape index (κ1) is 31.3. The van der Waals surface area contributed by atoms with Gasteiger partial charge in [0.15, 0.2) is 0 Å². The van der Waals surface area contributed by atoms with E-state index in [4.69, 9.17) is 14.6 Å². The molecule has 1 fully saturated rings. The van der Waals surface area contributed by atoms with Gasteiger partial charge in [-0.25, -0.2) is 4.79 Å². The molecular formula is C26H44O9. The Morgan fingerprint density at radius 1 is 1.11 bits per heavy atom. The second kappa shape index (κ2) is 16.1. The first-order chi connectivity index (χ1) is 16.5. The molecule has 1 heterocycles. The zero-order valence-electron chi connectivity index (χ0n) is 21.3. The van der Waals surface area contributed by atoms with Crippen LogP contribution in [0.5, 0.6) is 0 Å². The third-order valence-corrected chi connectivity index (χ3v) is 6.39. The van der Waals surface area contributed by atoms with Crippen LogP contribution < -0.4 is 0 Å². The topological polar surface area (TPSA) is 154 Å². The maximum Gasteiger partial charge on any atom is 0.330 e. The third-order valence-electron chi connectivity index (χ3n) is 6.39. The van der Waals surface area contributed by atoms with Crippen molar-refractivity contribution in [3.05, 3.63) is 23.8 Å². The van der Waals surface area contributed by atoms with E-state index in [-0.39, 0.29) is 31.8 Å². The predicted molar refractivity (Wildman–Crippen MR) is 131 cm³/mol. The van der Waals surface area contributed by atoms with Gasteiger partial charge in [-0.05, 0) is 45.4 Å². The van der Waals surface area contributed by atoms with Gasteiger partial charge in [0.1, 0.15) is 17.8 Å². The summed E-state index contributed by atoms with van der Waals surface area (Å²) in [6.07, 6.45) is 6.30. The highest BCUT2D eigenvalue weighted by molar-refractivity contribution is 5.82. The van der Waals surface area contributed by atoms with Gasteiger partial charge in [0.05, 0.1) is 25.4 Å². The van der Waals surface area contributed by atoms with Crippen molar-refractivity contribution < 1.29 is 44.6 Å². The number of aliphatic carboxylic acids is 1. The number of carbonyl (C=O) groups is 2. The van der Waals surface area contributed by atoms with Crippen LogP contribution in [0.1, 0.15) is 78.6 Å². The summed E-state index contributed by atoms with van der Waals surface area (Å²) in [7, 11) is 0. The lowest BCUT2D eigenvalue weighted by Gasteiger charge is -2.43. The predicted octanol–water partition coefficient (Wildman–Crippen LogP) is 2.50. The molecule has 1 saturated heterocycles. The molecular weight excluding hydrogens is 456 g/mol. The van der Waals surface area contributed by atoms with E-state index in [1.807, 2.05) is 6.92 Å². The number of hydrogen-bond donors (Lipinski definition) is 5. The molecule has 9 heteroatoms. The van der Waals surface area contributed by atoms with Crippen molar-refractivity contribution in [3.63, 3.8) is 0 Å². The number of hydrogen-bond acceptors (Lipinski definition) is 8. The van der Waals surface area contributed by atoms with E-state index in [1.54, 1.807) is 26.0 Å². The Kier molecular flexibility index (Phi) is 14.3. The van der Waals surface area contributed by atoms with Gasteiger partial charge in [0.25, 0.3) is 0 Å². The molecule has 0 saturated carbocycles. The average Bonchev–Trinajstić information content (AvgIpc) is 2.78. The SMILES string of the molecule is C/C(=C\C(=O)OCCCCCCCCC(=O)O)C[C@@H]1OC[C@](O)(C/C=C/[C@@H](C)[C@H](C)O)[C@@H](O)[C@H]1O. The van der Waals surface area contributed by atoms with Crippen molar-refractivity contribution in [1.29, 1.82) is 0 Å². The Balaban J connectivity index is 2.36. The number of aliphatic hydroxyl groups is 4. The molecule has 0 aromatic rings. The molecule has 5 N–H and O–H groups in total. The number of aliphatic hydroxyl groups excluding tert-OH is 3. The van der Waals surface area contributed by atoms with E-state index in [9.17, 15) is 30.0 Å². The Morgan fingerprint density at radius 2 is 1.74 bits per heavy atom. The van der Waals surface area contributed by atoms with Gasteiger partial charge in [0.2, 0.25) is 0 Å². The Hall–Kier alpha value is -1.78. The van der Waals surface area contributed by atoms with E-state index in [0.29, 0.717) is 18.6 Å². The fourth-order valence-electron chi connectivity index (χ4n) is 3.84. The fourth-order valence-corrected chi connectivity index (χ4v) is 3.84. The summed E-state index contributed by atoms with van der Waals surface area (Å²) in [5.41, 5.74) is -1.02. The number of carboxylic acid groups (broad SMARTS) is 1. The van der Waals surface area contributed by atoms with Gasteiger partial charge >= 0.3 is 11.9 Å². The molecule has 0 spiro atoms. The molecule has 9 nitrogen and oxygen atoms in total. The third kappa shape index (κ3) is 12.1. The van der Waals surface area contributed by atoms with Crippen LogP contribution in [0.2, 0.25) is 0 Å². The molecule has 0 aromatic heterocycles. The van der Waals surface area contributed by atoms with Gasteiger partial charge < -0.3 is 35.0 Å². The smallest absolute Gasteiger partial charge is 0.330 e. The number of carboxylic acids is 1. The second-order valence-electron chi connectivity index (χ2n) is 9.75. The number of esters is 1. The van der Waals surface area contributed by atoms with Crippen LogP contribution in [0.25, 0.3) is 0 Å². The zero-order chi connectivity index (χ0) is 26.4. The number of unbranched alkanes of at least 4 members (excludes halogenated alkanes) is 5. The fraction of sp³-hybridized carbons (Fsp3) is 0.769. The average molecular weight is 501 g/mol. The van der Waals surface area contributed by atoms with Crippen molar-refractivity contribution in [2.45, 2.75) is 109 Å². The van der Waals surface area contributed by atoms with E-state index in [0.717, 1.165) is 32.1 Å². The molecule has 0 bridgehead atoms. The first-order valence-electron chi connectivity index (χ1n) is 12.6. The minimum absolute atomic E-state index is 0.0679. The van der Waals surface area contributed by atoms with Crippen LogP contribution >= 0.6 is 0 Å². The maximum atomic E-state index is 12.0. The standard InChI is InChI=1S/C26H44O9/c1-18(16-23(30)34-14-9-7-5-4-6-8-12-22(28)29)15-21-24(31)25(32)26(33,17-35-21)13-10-11-19(2)20(3)27/h10-11,16,19-21,24-25,27,31-33H,4-9,12-15,17H2,1-3H3,(H,28,29)/b11-10+,18-16+/t19-,20+,21+,24+,25+,26-/m1/s1. The molecule has 6 atom stereocenters. The monoisotopic (exact) mass is 500 g/mol. The number of carbonyl (C=O) groups excluding carboxylic acids is 1. The molecule has 0 aliphatic carbocycles. The lowest BCUT2D eigenvalue weighted by atomic mass is 9.83. The second-order valence-corrected chi connectivity index (χ2v) is 9.75. The zero-order valence-corrected chi connectivity index (χ0v) is 21.3. The lowest BCUT2D eigenvalue weighted by molar-refractivity contribution is -0.232. The summed E-state index contributed by atoms with van der Waals surface area (Å²) in [6.45, 7) is 5.34. The van der Waals surface area contributed by atoms with Gasteiger partial charge in [0, 0.05) is 12.5 Å². The first-order valence-corrected chi connectivity index (χ1v) is 12.6. The van der Waals surface area contributed by atoms with Crippen LogP contribution in [0, 0.1) is 5.92 Å². The highest BCUT2D eigenvalue weighted by Gasteiger charge is 2.47. The molecule has 0 aromatic carbocycles. The summed E-state index contributed by atoms with van der Waals surface area (Å²) in [6, 6.07) is 0.